The summed E-state index contributed by atoms with van der Waals surface area (Å²) in [6, 6.07) is 17.3. The second kappa shape index (κ2) is 10.9. The molecule has 9 heteroatoms. The van der Waals surface area contributed by atoms with Crippen LogP contribution in [0.3, 0.4) is 0 Å². The van der Waals surface area contributed by atoms with Gasteiger partial charge in [0.15, 0.2) is 6.61 Å². The van der Waals surface area contributed by atoms with Gasteiger partial charge in [0.2, 0.25) is 10.0 Å². The summed E-state index contributed by atoms with van der Waals surface area (Å²) in [7, 11) is -2.47. The third-order valence-corrected chi connectivity index (χ3v) is 7.87. The number of hydrogen-bond acceptors (Lipinski definition) is 6. The predicted octanol–water partition coefficient (Wildman–Crippen LogP) is 4.21. The van der Waals surface area contributed by atoms with E-state index in [4.69, 9.17) is 9.47 Å². The first-order valence-corrected chi connectivity index (χ1v) is 13.0. The van der Waals surface area contributed by atoms with Crippen molar-refractivity contribution in [3.63, 3.8) is 0 Å². The molecule has 1 aliphatic rings. The number of anilines is 1. The normalized spacial score (nSPS) is 14.8. The average molecular weight is 497 g/mol. The van der Waals surface area contributed by atoms with E-state index in [1.165, 1.54) is 29.6 Å². The van der Waals surface area contributed by atoms with Gasteiger partial charge in [-0.1, -0.05) is 43.2 Å². The Hall–Kier alpha value is -3.43. The Morgan fingerprint density at radius 1 is 0.914 bits per heavy atom. The number of amides is 1. The summed E-state index contributed by atoms with van der Waals surface area (Å²) in [6.07, 6.45) is 3.54. The Bertz CT molecular complexity index is 1330. The van der Waals surface area contributed by atoms with Gasteiger partial charge in [-0.2, -0.15) is 4.31 Å². The number of benzene rings is 3. The highest BCUT2D eigenvalue weighted by molar-refractivity contribution is 7.89. The number of carbonyl (C=O) groups excluding carboxylic acids is 2. The Morgan fingerprint density at radius 2 is 1.63 bits per heavy atom. The molecule has 0 atom stereocenters. The summed E-state index contributed by atoms with van der Waals surface area (Å²) in [5.74, 6) is -1.15. The molecule has 1 aliphatic heterocycles. The first-order chi connectivity index (χ1) is 16.9. The molecule has 0 unspecified atom stereocenters. The third kappa shape index (κ3) is 5.80. The molecule has 1 heterocycles. The Labute approximate surface area is 204 Å². The maximum Gasteiger partial charge on any atom is 0.338 e. The highest BCUT2D eigenvalue weighted by Crippen LogP contribution is 2.29. The first-order valence-electron chi connectivity index (χ1n) is 11.5. The Kier molecular flexibility index (Phi) is 7.67. The summed E-state index contributed by atoms with van der Waals surface area (Å²) in [6.45, 7) is 0.343. The largest absolute Gasteiger partial charge is 0.495 e. The molecule has 1 saturated heterocycles. The molecule has 1 N–H and O–H groups in total. The van der Waals surface area contributed by atoms with Crippen LogP contribution in [0, 0.1) is 0 Å². The van der Waals surface area contributed by atoms with Crippen LogP contribution in [0.15, 0.2) is 65.6 Å². The molecule has 4 rings (SSSR count). The van der Waals surface area contributed by atoms with Crippen molar-refractivity contribution in [2.45, 2.75) is 30.6 Å². The van der Waals surface area contributed by atoms with E-state index in [-0.39, 0.29) is 16.2 Å². The van der Waals surface area contributed by atoms with Gasteiger partial charge in [0.25, 0.3) is 5.91 Å². The van der Waals surface area contributed by atoms with Crippen LogP contribution in [-0.2, 0) is 19.6 Å². The van der Waals surface area contributed by atoms with Gasteiger partial charge < -0.3 is 14.8 Å². The van der Waals surface area contributed by atoms with Crippen molar-refractivity contribution in [3.8, 4) is 5.75 Å². The molecule has 0 aromatic heterocycles. The van der Waals surface area contributed by atoms with Crippen LogP contribution in [0.5, 0.6) is 5.75 Å². The Morgan fingerprint density at radius 3 is 2.34 bits per heavy atom. The molecule has 8 nitrogen and oxygen atoms in total. The fourth-order valence-corrected chi connectivity index (χ4v) is 5.80. The maximum absolute atomic E-state index is 13.3. The van der Waals surface area contributed by atoms with Crippen LogP contribution < -0.4 is 10.1 Å². The van der Waals surface area contributed by atoms with Crippen LogP contribution >= 0.6 is 0 Å². The summed E-state index contributed by atoms with van der Waals surface area (Å²) in [5, 5.41) is 4.72. The average Bonchev–Trinajstić information content (AvgIpc) is 3.17. The summed E-state index contributed by atoms with van der Waals surface area (Å²) in [5.41, 5.74) is 0.609. The van der Waals surface area contributed by atoms with Crippen molar-refractivity contribution in [2.24, 2.45) is 0 Å². The molecule has 0 spiro atoms. The standard InChI is InChI=1S/C26H28N2O6S/c1-33-23-13-11-21(17-24(23)35(31,32)28-14-6-2-3-7-15-28)26(30)34-18-25(29)27-22-12-10-19-8-4-5-9-20(19)16-22/h4-5,8-13,16-17H,2-3,6-7,14-15,18H2,1H3,(H,27,29). The predicted molar refractivity (Wildman–Crippen MR) is 133 cm³/mol. The van der Waals surface area contributed by atoms with E-state index in [0.717, 1.165) is 36.5 Å². The number of ether oxygens (including phenoxy) is 2. The zero-order chi connectivity index (χ0) is 24.8. The van der Waals surface area contributed by atoms with E-state index in [2.05, 4.69) is 5.32 Å². The van der Waals surface area contributed by atoms with Gasteiger partial charge in [-0.3, -0.25) is 4.79 Å². The van der Waals surface area contributed by atoms with Gasteiger partial charge >= 0.3 is 5.97 Å². The molecule has 0 bridgehead atoms. The first kappa shape index (κ1) is 24.7. The van der Waals surface area contributed by atoms with Crippen LogP contribution in [0.1, 0.15) is 36.0 Å². The molecular weight excluding hydrogens is 468 g/mol. The SMILES string of the molecule is COc1ccc(C(=O)OCC(=O)Nc2ccc3ccccc3c2)cc1S(=O)(=O)N1CCCCCC1. The second-order valence-electron chi connectivity index (χ2n) is 8.37. The van der Waals surface area contributed by atoms with E-state index in [1.807, 2.05) is 36.4 Å². The van der Waals surface area contributed by atoms with Crippen LogP contribution in [0.2, 0.25) is 0 Å². The zero-order valence-electron chi connectivity index (χ0n) is 19.5. The van der Waals surface area contributed by atoms with Crippen molar-refractivity contribution in [1.82, 2.24) is 4.31 Å². The monoisotopic (exact) mass is 496 g/mol. The van der Waals surface area contributed by atoms with Crippen LogP contribution in [-0.4, -0.2) is 51.4 Å². The number of carbonyl (C=O) groups is 2. The highest BCUT2D eigenvalue weighted by atomic mass is 32.2. The molecular formula is C26H28N2O6S. The summed E-state index contributed by atoms with van der Waals surface area (Å²) >= 11 is 0. The topological polar surface area (TPSA) is 102 Å². The van der Waals surface area contributed by atoms with Gasteiger partial charge in [-0.05, 0) is 53.9 Å². The van der Waals surface area contributed by atoms with Gasteiger partial charge in [0.05, 0.1) is 12.7 Å². The number of hydrogen-bond donors (Lipinski definition) is 1. The van der Waals surface area contributed by atoms with Crippen LogP contribution in [0.25, 0.3) is 10.8 Å². The number of nitrogens with one attached hydrogen (secondary N) is 1. The zero-order valence-corrected chi connectivity index (χ0v) is 20.3. The molecule has 184 valence electrons. The Balaban J connectivity index is 1.44. The fraction of sp³-hybridized carbons (Fsp3) is 0.308. The molecule has 35 heavy (non-hydrogen) atoms. The van der Waals surface area contributed by atoms with Crippen molar-refractivity contribution in [1.29, 1.82) is 0 Å². The van der Waals surface area contributed by atoms with E-state index in [9.17, 15) is 18.0 Å². The number of nitrogens with zero attached hydrogens (tertiary/aromatic N) is 1. The lowest BCUT2D eigenvalue weighted by Gasteiger charge is -2.21. The number of fused-ring (bicyclic) bond motifs is 1. The summed E-state index contributed by atoms with van der Waals surface area (Å²) < 4.78 is 38.4. The number of rotatable bonds is 7. The highest BCUT2D eigenvalue weighted by Gasteiger charge is 2.29. The van der Waals surface area contributed by atoms with E-state index in [0.29, 0.717) is 18.8 Å². The van der Waals surface area contributed by atoms with E-state index >= 15 is 0 Å². The maximum atomic E-state index is 13.3. The molecule has 1 fully saturated rings. The van der Waals surface area contributed by atoms with E-state index in [1.54, 1.807) is 6.07 Å². The van der Waals surface area contributed by atoms with Crippen molar-refractivity contribution < 1.29 is 27.5 Å². The molecule has 1 amide bonds. The van der Waals surface area contributed by atoms with Crippen LogP contribution in [0.4, 0.5) is 5.69 Å². The molecule has 3 aromatic carbocycles. The van der Waals surface area contributed by atoms with Gasteiger partial charge in [0, 0.05) is 18.8 Å². The fourth-order valence-electron chi connectivity index (χ4n) is 4.10. The van der Waals surface area contributed by atoms with Gasteiger partial charge in [-0.15, -0.1) is 0 Å². The molecule has 0 aliphatic carbocycles. The molecule has 0 radical (unpaired) electrons. The van der Waals surface area contributed by atoms with Crippen molar-refractivity contribution in [3.05, 3.63) is 66.2 Å². The minimum Gasteiger partial charge on any atom is -0.495 e. The third-order valence-electron chi connectivity index (χ3n) is 5.95. The lowest BCUT2D eigenvalue weighted by atomic mass is 10.1. The second-order valence-corrected chi connectivity index (χ2v) is 10.3. The van der Waals surface area contributed by atoms with E-state index < -0.39 is 28.5 Å². The lowest BCUT2D eigenvalue weighted by Crippen LogP contribution is -2.32. The van der Waals surface area contributed by atoms with Crippen molar-refractivity contribution >= 4 is 38.4 Å². The quantitative estimate of drug-likeness (QED) is 0.492. The van der Waals surface area contributed by atoms with Gasteiger partial charge in [0.1, 0.15) is 10.6 Å². The minimum absolute atomic E-state index is 0.0257. The number of sulfonamides is 1. The number of esters is 1. The summed E-state index contributed by atoms with van der Waals surface area (Å²) in [4.78, 5) is 24.9. The lowest BCUT2D eigenvalue weighted by molar-refractivity contribution is -0.119. The molecule has 3 aromatic rings. The minimum atomic E-state index is -3.85. The van der Waals surface area contributed by atoms with Crippen molar-refractivity contribution in [2.75, 3.05) is 32.1 Å². The smallest absolute Gasteiger partial charge is 0.338 e. The molecule has 0 saturated carbocycles. The van der Waals surface area contributed by atoms with Gasteiger partial charge in [-0.25, -0.2) is 13.2 Å². The number of methoxy groups -OCH3 is 1.